The Bertz CT molecular complexity index is 671. The smallest absolute Gasteiger partial charge is 0.237 e. The van der Waals surface area contributed by atoms with Gasteiger partial charge in [0.15, 0.2) is 0 Å². The van der Waals surface area contributed by atoms with Gasteiger partial charge in [-0.15, -0.1) is 0 Å². The molecule has 1 N–H and O–H groups in total. The van der Waals surface area contributed by atoms with Crippen LogP contribution in [-0.4, -0.2) is 58.5 Å². The molecule has 2 aromatic rings. The lowest BCUT2D eigenvalue weighted by molar-refractivity contribution is -0.132. The molecular weight excluding hydrogens is 304 g/mol. The van der Waals surface area contributed by atoms with Crippen LogP contribution >= 0.6 is 0 Å². The topological polar surface area (TPSA) is 61.5 Å². The first-order chi connectivity index (χ1) is 11.6. The van der Waals surface area contributed by atoms with E-state index in [4.69, 9.17) is 4.74 Å². The molecule has 2 heterocycles. The molecule has 1 unspecified atom stereocenters. The van der Waals surface area contributed by atoms with Gasteiger partial charge in [-0.2, -0.15) is 0 Å². The number of imidazole rings is 1. The Balaban J connectivity index is 1.69. The van der Waals surface area contributed by atoms with Crippen molar-refractivity contribution in [3.63, 3.8) is 0 Å². The second kappa shape index (κ2) is 7.59. The van der Waals surface area contributed by atoms with E-state index in [1.54, 1.807) is 7.11 Å². The number of aromatic nitrogens is 2. The van der Waals surface area contributed by atoms with Crippen molar-refractivity contribution >= 4 is 5.91 Å². The second-order valence-corrected chi connectivity index (χ2v) is 6.30. The normalized spacial score (nSPS) is 19.5. The summed E-state index contributed by atoms with van der Waals surface area (Å²) in [7, 11) is 1.70. The molecule has 1 fully saturated rings. The van der Waals surface area contributed by atoms with E-state index in [1.807, 2.05) is 48.4 Å². The van der Waals surface area contributed by atoms with Crippen LogP contribution in [0.5, 0.6) is 0 Å². The summed E-state index contributed by atoms with van der Waals surface area (Å²) in [6, 6.07) is 10.1. The fraction of sp³-hybridized carbons (Fsp3) is 0.444. The van der Waals surface area contributed by atoms with Crippen LogP contribution in [-0.2, 0) is 22.6 Å². The van der Waals surface area contributed by atoms with E-state index in [9.17, 15) is 4.79 Å². The lowest BCUT2D eigenvalue weighted by Crippen LogP contribution is -2.37. The summed E-state index contributed by atoms with van der Waals surface area (Å²) in [6.45, 7) is 4.92. The molecular formula is C18H24N4O2. The predicted octanol–water partition coefficient (Wildman–Crippen LogP) is 1.58. The number of hydrogen-bond acceptors (Lipinski definition) is 4. The minimum absolute atomic E-state index is 0.00350. The highest BCUT2D eigenvalue weighted by Gasteiger charge is 2.28. The van der Waals surface area contributed by atoms with Crippen LogP contribution in [0, 0.1) is 6.92 Å². The summed E-state index contributed by atoms with van der Waals surface area (Å²) < 4.78 is 5.59. The molecule has 0 aliphatic carbocycles. The van der Waals surface area contributed by atoms with E-state index >= 15 is 0 Å². The van der Waals surface area contributed by atoms with Crippen LogP contribution in [0.1, 0.15) is 17.1 Å². The number of carbonyl (C=O) groups is 1. The number of carbonyl (C=O) groups excluding carboxylic acids is 1. The molecule has 1 aliphatic heterocycles. The van der Waals surface area contributed by atoms with Gasteiger partial charge in [0.25, 0.3) is 0 Å². The highest BCUT2D eigenvalue weighted by molar-refractivity contribution is 5.78. The molecule has 1 aromatic carbocycles. The number of nitrogens with one attached hydrogen (secondary N) is 1. The summed E-state index contributed by atoms with van der Waals surface area (Å²) in [5, 5.41) is 0. The van der Waals surface area contributed by atoms with Crippen LogP contribution < -0.4 is 0 Å². The summed E-state index contributed by atoms with van der Waals surface area (Å²) in [5.41, 5.74) is 2.16. The minimum Gasteiger partial charge on any atom is -0.378 e. The molecule has 1 aromatic heterocycles. The van der Waals surface area contributed by atoms with Crippen LogP contribution in [0.25, 0.3) is 0 Å². The predicted molar refractivity (Wildman–Crippen MR) is 91.3 cm³/mol. The van der Waals surface area contributed by atoms with Crippen LogP contribution in [0.2, 0.25) is 0 Å². The lowest BCUT2D eigenvalue weighted by Gasteiger charge is -2.23. The highest BCUT2D eigenvalue weighted by Crippen LogP contribution is 2.13. The fourth-order valence-electron chi connectivity index (χ4n) is 3.03. The van der Waals surface area contributed by atoms with Gasteiger partial charge < -0.3 is 14.6 Å². The van der Waals surface area contributed by atoms with Gasteiger partial charge in [0.1, 0.15) is 5.82 Å². The van der Waals surface area contributed by atoms with Gasteiger partial charge in [-0.3, -0.25) is 9.69 Å². The van der Waals surface area contributed by atoms with Gasteiger partial charge in [0, 0.05) is 38.6 Å². The number of H-pyrrole nitrogens is 1. The number of hydrogen-bond donors (Lipinski definition) is 1. The van der Waals surface area contributed by atoms with E-state index in [0.717, 1.165) is 17.1 Å². The molecule has 0 spiro atoms. The Morgan fingerprint density at radius 2 is 2.04 bits per heavy atom. The Hall–Kier alpha value is -2.18. The number of methoxy groups -OCH3 is 1. The molecule has 0 bridgehead atoms. The van der Waals surface area contributed by atoms with E-state index in [0.29, 0.717) is 32.7 Å². The summed E-state index contributed by atoms with van der Waals surface area (Å²) in [5.74, 6) is 1.01. The maximum atomic E-state index is 12.7. The zero-order valence-corrected chi connectivity index (χ0v) is 14.2. The summed E-state index contributed by atoms with van der Waals surface area (Å²) >= 11 is 0. The second-order valence-electron chi connectivity index (χ2n) is 6.30. The van der Waals surface area contributed by atoms with Crippen molar-refractivity contribution in [2.45, 2.75) is 26.1 Å². The Morgan fingerprint density at radius 3 is 2.71 bits per heavy atom. The van der Waals surface area contributed by atoms with Crippen molar-refractivity contribution in [1.29, 1.82) is 0 Å². The van der Waals surface area contributed by atoms with Crippen LogP contribution in [0.4, 0.5) is 0 Å². The molecule has 1 atom stereocenters. The Morgan fingerprint density at radius 1 is 1.25 bits per heavy atom. The molecule has 1 aliphatic rings. The minimum atomic E-state index is -0.00350. The molecule has 128 valence electrons. The van der Waals surface area contributed by atoms with Gasteiger partial charge >= 0.3 is 0 Å². The number of benzene rings is 1. The molecule has 1 amide bonds. The molecule has 0 radical (unpaired) electrons. The molecule has 6 nitrogen and oxygen atoms in total. The zero-order valence-electron chi connectivity index (χ0n) is 14.2. The lowest BCUT2D eigenvalue weighted by atomic mass is 10.2. The summed E-state index contributed by atoms with van der Waals surface area (Å²) in [6.07, 6.45) is 1.81. The quantitative estimate of drug-likeness (QED) is 0.905. The maximum Gasteiger partial charge on any atom is 0.237 e. The fourth-order valence-corrected chi connectivity index (χ4v) is 3.03. The largest absolute Gasteiger partial charge is 0.378 e. The standard InChI is InChI=1S/C18H24N4O2/c1-14-8-19-17(20-14)12-21-10-16(24-2)11-22(18(23)13-21)9-15-6-4-3-5-7-15/h3-8,16H,9-13H2,1-2H3,(H,19,20). The first kappa shape index (κ1) is 16.7. The first-order valence-corrected chi connectivity index (χ1v) is 8.21. The van der Waals surface area contributed by atoms with Crippen LogP contribution in [0.3, 0.4) is 0 Å². The van der Waals surface area contributed by atoms with Gasteiger partial charge in [0.05, 0.1) is 19.2 Å². The molecule has 1 saturated heterocycles. The van der Waals surface area contributed by atoms with E-state index < -0.39 is 0 Å². The molecule has 0 saturated carbocycles. The monoisotopic (exact) mass is 328 g/mol. The summed E-state index contributed by atoms with van der Waals surface area (Å²) in [4.78, 5) is 24.2. The average Bonchev–Trinajstić information content (AvgIpc) is 2.92. The first-order valence-electron chi connectivity index (χ1n) is 8.21. The van der Waals surface area contributed by atoms with E-state index in [-0.39, 0.29) is 12.0 Å². The number of nitrogens with zero attached hydrogens (tertiary/aromatic N) is 3. The molecule has 24 heavy (non-hydrogen) atoms. The van der Waals surface area contributed by atoms with Crippen molar-refractivity contribution in [3.8, 4) is 0 Å². The Kier molecular flexibility index (Phi) is 5.27. The SMILES string of the molecule is COC1CN(Cc2ncc(C)[nH]2)CC(=O)N(Cc2ccccc2)C1. The Labute approximate surface area is 142 Å². The number of ether oxygens (including phenoxy) is 1. The number of rotatable bonds is 5. The molecule has 6 heteroatoms. The van der Waals surface area contributed by atoms with E-state index in [2.05, 4.69) is 14.9 Å². The number of aromatic amines is 1. The third-order valence-electron chi connectivity index (χ3n) is 4.28. The van der Waals surface area contributed by atoms with Gasteiger partial charge in [0.2, 0.25) is 5.91 Å². The number of aryl methyl sites for hydroxylation is 1. The number of amides is 1. The van der Waals surface area contributed by atoms with E-state index in [1.165, 1.54) is 0 Å². The van der Waals surface area contributed by atoms with Crippen molar-refractivity contribution in [3.05, 3.63) is 53.6 Å². The van der Waals surface area contributed by atoms with Crippen molar-refractivity contribution < 1.29 is 9.53 Å². The van der Waals surface area contributed by atoms with Crippen molar-refractivity contribution in [2.75, 3.05) is 26.7 Å². The van der Waals surface area contributed by atoms with Gasteiger partial charge in [-0.25, -0.2) is 4.98 Å². The van der Waals surface area contributed by atoms with Gasteiger partial charge in [-0.05, 0) is 12.5 Å². The maximum absolute atomic E-state index is 12.7. The van der Waals surface area contributed by atoms with Crippen molar-refractivity contribution in [1.82, 2.24) is 19.8 Å². The third-order valence-corrected chi connectivity index (χ3v) is 4.28. The van der Waals surface area contributed by atoms with Crippen molar-refractivity contribution in [2.24, 2.45) is 0 Å². The zero-order chi connectivity index (χ0) is 16.9. The highest BCUT2D eigenvalue weighted by atomic mass is 16.5. The average molecular weight is 328 g/mol. The third kappa shape index (κ3) is 4.21. The van der Waals surface area contributed by atoms with Gasteiger partial charge in [-0.1, -0.05) is 30.3 Å². The van der Waals surface area contributed by atoms with Crippen LogP contribution in [0.15, 0.2) is 36.5 Å². The molecule has 3 rings (SSSR count).